The van der Waals surface area contributed by atoms with Crippen LogP contribution < -0.4 is 5.32 Å². The number of carbonyl (C=O) groups is 2. The summed E-state index contributed by atoms with van der Waals surface area (Å²) >= 11 is 0. The van der Waals surface area contributed by atoms with Crippen molar-refractivity contribution in [2.24, 2.45) is 0 Å². The van der Waals surface area contributed by atoms with Gasteiger partial charge in [-0.05, 0) is 74.9 Å². The zero-order chi connectivity index (χ0) is 22.2. The fourth-order valence-electron chi connectivity index (χ4n) is 4.00. The lowest BCUT2D eigenvalue weighted by molar-refractivity contribution is 0.0728. The van der Waals surface area contributed by atoms with E-state index < -0.39 is 0 Å². The van der Waals surface area contributed by atoms with Crippen LogP contribution in [-0.2, 0) is 6.54 Å². The van der Waals surface area contributed by atoms with Crippen molar-refractivity contribution < 1.29 is 9.59 Å². The number of hydrogen-bond acceptors (Lipinski definition) is 3. The molecule has 6 heteroatoms. The SMILES string of the molecule is Cc1cccc(-n2ncc(C(=O)N(Cc3ccc(C(=O)NC4CC4)cc3)C3CC3)c2C)c1. The van der Waals surface area contributed by atoms with Crippen molar-refractivity contribution in [1.82, 2.24) is 20.0 Å². The number of nitrogens with zero attached hydrogens (tertiary/aromatic N) is 3. The van der Waals surface area contributed by atoms with Gasteiger partial charge >= 0.3 is 0 Å². The lowest BCUT2D eigenvalue weighted by atomic mass is 10.1. The topological polar surface area (TPSA) is 67.2 Å². The molecule has 1 aromatic heterocycles. The summed E-state index contributed by atoms with van der Waals surface area (Å²) in [5, 5.41) is 7.51. The van der Waals surface area contributed by atoms with E-state index in [1.807, 2.05) is 65.9 Å². The van der Waals surface area contributed by atoms with Gasteiger partial charge < -0.3 is 10.2 Å². The van der Waals surface area contributed by atoms with Gasteiger partial charge in [0.1, 0.15) is 0 Å². The fourth-order valence-corrected chi connectivity index (χ4v) is 4.00. The molecule has 0 aliphatic heterocycles. The number of rotatable bonds is 7. The summed E-state index contributed by atoms with van der Waals surface area (Å²) in [6.45, 7) is 4.52. The Kier molecular flexibility index (Phi) is 5.29. The predicted octanol–water partition coefficient (Wildman–Crippen LogP) is 4.19. The van der Waals surface area contributed by atoms with Gasteiger partial charge in [0, 0.05) is 24.2 Å². The molecule has 1 heterocycles. The van der Waals surface area contributed by atoms with Crippen LogP contribution in [0.4, 0.5) is 0 Å². The van der Waals surface area contributed by atoms with Crippen molar-refractivity contribution in [2.75, 3.05) is 0 Å². The molecule has 0 unspecified atom stereocenters. The number of amides is 2. The van der Waals surface area contributed by atoms with Gasteiger partial charge in [0.25, 0.3) is 11.8 Å². The molecule has 2 aromatic carbocycles. The van der Waals surface area contributed by atoms with Gasteiger partial charge in [-0.2, -0.15) is 5.10 Å². The number of hydrogen-bond donors (Lipinski definition) is 1. The summed E-state index contributed by atoms with van der Waals surface area (Å²) in [7, 11) is 0. The molecule has 3 aromatic rings. The molecule has 0 atom stereocenters. The maximum absolute atomic E-state index is 13.5. The van der Waals surface area contributed by atoms with Crippen molar-refractivity contribution in [3.8, 4) is 5.69 Å². The average molecular weight is 429 g/mol. The summed E-state index contributed by atoms with van der Waals surface area (Å²) in [5.41, 5.74) is 5.29. The molecular formula is C26H28N4O2. The van der Waals surface area contributed by atoms with Gasteiger partial charge in [-0.15, -0.1) is 0 Å². The number of carbonyl (C=O) groups excluding carboxylic acids is 2. The Morgan fingerprint density at radius 2 is 1.81 bits per heavy atom. The molecule has 0 spiro atoms. The third kappa shape index (κ3) is 4.31. The van der Waals surface area contributed by atoms with E-state index in [0.717, 1.165) is 48.2 Å². The van der Waals surface area contributed by atoms with E-state index in [-0.39, 0.29) is 17.9 Å². The molecule has 5 rings (SSSR count). The van der Waals surface area contributed by atoms with E-state index in [1.54, 1.807) is 6.20 Å². The minimum atomic E-state index is -0.0200. The van der Waals surface area contributed by atoms with Crippen LogP contribution in [-0.4, -0.2) is 38.6 Å². The van der Waals surface area contributed by atoms with Crippen molar-refractivity contribution in [1.29, 1.82) is 0 Å². The van der Waals surface area contributed by atoms with Crippen LogP contribution in [0.2, 0.25) is 0 Å². The molecule has 32 heavy (non-hydrogen) atoms. The number of aromatic nitrogens is 2. The van der Waals surface area contributed by atoms with Crippen molar-refractivity contribution in [3.05, 3.63) is 82.7 Å². The molecule has 1 N–H and O–H groups in total. The first-order valence-electron chi connectivity index (χ1n) is 11.3. The Balaban J connectivity index is 1.33. The summed E-state index contributed by atoms with van der Waals surface area (Å²) in [5.74, 6) is -0.00665. The van der Waals surface area contributed by atoms with Crippen molar-refractivity contribution in [2.45, 2.75) is 58.2 Å². The van der Waals surface area contributed by atoms with Crippen LogP contribution in [0.5, 0.6) is 0 Å². The molecule has 2 amide bonds. The Bertz CT molecular complexity index is 1160. The van der Waals surface area contributed by atoms with Crippen LogP contribution in [0.25, 0.3) is 5.69 Å². The van der Waals surface area contributed by atoms with Crippen LogP contribution in [0, 0.1) is 13.8 Å². The fraction of sp³-hybridized carbons (Fsp3) is 0.346. The van der Waals surface area contributed by atoms with Gasteiger partial charge in [0.05, 0.1) is 23.1 Å². The second-order valence-corrected chi connectivity index (χ2v) is 9.00. The maximum atomic E-state index is 13.5. The van der Waals surface area contributed by atoms with Gasteiger partial charge in [0.2, 0.25) is 0 Å². The van der Waals surface area contributed by atoms with E-state index in [0.29, 0.717) is 23.7 Å². The largest absolute Gasteiger partial charge is 0.349 e. The van der Waals surface area contributed by atoms with Crippen LogP contribution in [0.1, 0.15) is 63.2 Å². The minimum Gasteiger partial charge on any atom is -0.349 e. The lowest BCUT2D eigenvalue weighted by Gasteiger charge is -2.22. The Hall–Kier alpha value is -3.41. The first-order chi connectivity index (χ1) is 15.5. The lowest BCUT2D eigenvalue weighted by Crippen LogP contribution is -2.33. The molecule has 6 nitrogen and oxygen atoms in total. The minimum absolute atomic E-state index is 0.0134. The summed E-state index contributed by atoms with van der Waals surface area (Å²) in [4.78, 5) is 27.7. The van der Waals surface area contributed by atoms with Crippen molar-refractivity contribution in [3.63, 3.8) is 0 Å². The normalized spacial score (nSPS) is 15.4. The van der Waals surface area contributed by atoms with E-state index in [2.05, 4.69) is 16.5 Å². The first kappa shape index (κ1) is 20.5. The Morgan fingerprint density at radius 1 is 1.06 bits per heavy atom. The summed E-state index contributed by atoms with van der Waals surface area (Å²) < 4.78 is 1.83. The smallest absolute Gasteiger partial charge is 0.257 e. The predicted molar refractivity (Wildman–Crippen MR) is 123 cm³/mol. The monoisotopic (exact) mass is 428 g/mol. The van der Waals surface area contributed by atoms with E-state index in [4.69, 9.17) is 0 Å². The third-order valence-electron chi connectivity index (χ3n) is 6.22. The zero-order valence-corrected chi connectivity index (χ0v) is 18.5. The molecule has 2 saturated carbocycles. The van der Waals surface area contributed by atoms with Gasteiger partial charge in [-0.3, -0.25) is 9.59 Å². The van der Waals surface area contributed by atoms with Crippen molar-refractivity contribution >= 4 is 11.8 Å². The second-order valence-electron chi connectivity index (χ2n) is 9.00. The summed E-state index contributed by atoms with van der Waals surface area (Å²) in [6, 6.07) is 16.3. The molecule has 2 aliphatic rings. The van der Waals surface area contributed by atoms with Gasteiger partial charge in [-0.1, -0.05) is 24.3 Å². The average Bonchev–Trinajstić information content (AvgIpc) is 3.72. The summed E-state index contributed by atoms with van der Waals surface area (Å²) in [6.07, 6.45) is 5.88. The quantitative estimate of drug-likeness (QED) is 0.614. The molecule has 0 saturated heterocycles. The number of nitrogens with one attached hydrogen (secondary N) is 1. The highest BCUT2D eigenvalue weighted by Gasteiger charge is 2.34. The molecule has 164 valence electrons. The first-order valence-corrected chi connectivity index (χ1v) is 11.3. The third-order valence-corrected chi connectivity index (χ3v) is 6.22. The van der Waals surface area contributed by atoms with Gasteiger partial charge in [-0.25, -0.2) is 4.68 Å². The maximum Gasteiger partial charge on any atom is 0.257 e. The van der Waals surface area contributed by atoms with E-state index in [9.17, 15) is 9.59 Å². The zero-order valence-electron chi connectivity index (χ0n) is 18.5. The molecular weight excluding hydrogens is 400 g/mol. The van der Waals surface area contributed by atoms with Gasteiger partial charge in [0.15, 0.2) is 0 Å². The van der Waals surface area contributed by atoms with Crippen LogP contribution in [0.3, 0.4) is 0 Å². The van der Waals surface area contributed by atoms with Crippen LogP contribution in [0.15, 0.2) is 54.7 Å². The highest BCUT2D eigenvalue weighted by Crippen LogP contribution is 2.31. The number of aryl methyl sites for hydroxylation is 1. The highest BCUT2D eigenvalue weighted by molar-refractivity contribution is 5.96. The highest BCUT2D eigenvalue weighted by atomic mass is 16.2. The molecule has 0 radical (unpaired) electrons. The number of benzene rings is 2. The molecule has 2 aliphatic carbocycles. The second kappa shape index (κ2) is 8.26. The van der Waals surface area contributed by atoms with E-state index in [1.165, 1.54) is 0 Å². The molecule has 2 fully saturated rings. The van der Waals surface area contributed by atoms with Crippen LogP contribution >= 0.6 is 0 Å². The molecule has 0 bridgehead atoms. The Labute approximate surface area is 188 Å². The van der Waals surface area contributed by atoms with E-state index >= 15 is 0 Å². The standard InChI is InChI=1S/C26H28N4O2/c1-17-4-3-5-23(14-17)30-18(2)24(15-27-30)26(32)29(22-12-13-22)16-19-6-8-20(9-7-19)25(31)28-21-10-11-21/h3-9,14-15,21-22H,10-13,16H2,1-2H3,(H,28,31). The Morgan fingerprint density at radius 3 is 2.47 bits per heavy atom.